The number of hydrogen-bond acceptors (Lipinski definition) is 2. The summed E-state index contributed by atoms with van der Waals surface area (Å²) in [4.78, 5) is 1.75. The predicted molar refractivity (Wildman–Crippen MR) is 95.4 cm³/mol. The van der Waals surface area contributed by atoms with Gasteiger partial charge in [0.1, 0.15) is 5.82 Å². The average molecular weight is 457 g/mol. The van der Waals surface area contributed by atoms with Crippen LogP contribution in [0.5, 0.6) is 0 Å². The van der Waals surface area contributed by atoms with Crippen LogP contribution >= 0.6 is 24.8 Å². The highest BCUT2D eigenvalue weighted by molar-refractivity contribution is 5.85. The minimum atomic E-state index is -5.06. The monoisotopic (exact) mass is 456 g/mol. The fraction of sp³-hybridized carbons (Fsp3) is 0.647. The summed E-state index contributed by atoms with van der Waals surface area (Å²) in [6.07, 6.45) is -8.07. The van der Waals surface area contributed by atoms with Crippen molar-refractivity contribution in [1.29, 1.82) is 0 Å². The smallest absolute Gasteiger partial charge is 0.314 e. The molecule has 3 rings (SSSR count). The Hall–Kier alpha value is -0.770. The SMILES string of the molecule is Cl.Cl.Fc1cc(C(F)(F)F)cc(C(F)(F)F)c1[C@@H](CC1CC1)N1CCNCC1. The molecular weight excluding hydrogens is 436 g/mol. The number of piperazine rings is 1. The number of nitrogens with zero attached hydrogens (tertiary/aromatic N) is 1. The van der Waals surface area contributed by atoms with Crippen molar-refractivity contribution in [1.82, 2.24) is 10.2 Å². The number of nitrogens with one attached hydrogen (secondary N) is 1. The van der Waals surface area contributed by atoms with Gasteiger partial charge in [0.25, 0.3) is 0 Å². The van der Waals surface area contributed by atoms with E-state index in [-0.39, 0.29) is 42.9 Å². The molecule has 0 bridgehead atoms. The molecule has 11 heteroatoms. The van der Waals surface area contributed by atoms with Gasteiger partial charge in [-0.25, -0.2) is 4.39 Å². The van der Waals surface area contributed by atoms with Gasteiger partial charge in [-0.2, -0.15) is 26.3 Å². The number of rotatable bonds is 4. The summed E-state index contributed by atoms with van der Waals surface area (Å²) >= 11 is 0. The Morgan fingerprint density at radius 3 is 2.00 bits per heavy atom. The summed E-state index contributed by atoms with van der Waals surface area (Å²) in [5.41, 5.74) is -3.79. The van der Waals surface area contributed by atoms with Gasteiger partial charge in [0, 0.05) is 37.8 Å². The van der Waals surface area contributed by atoms with Crippen LogP contribution in [0.4, 0.5) is 30.7 Å². The lowest BCUT2D eigenvalue weighted by Gasteiger charge is -2.37. The molecule has 0 amide bonds. The molecule has 0 aromatic heterocycles. The van der Waals surface area contributed by atoms with Crippen molar-refractivity contribution < 1.29 is 30.7 Å². The zero-order valence-corrected chi connectivity index (χ0v) is 16.3. The Balaban J connectivity index is 0.00000196. The predicted octanol–water partition coefficient (Wildman–Crippen LogP) is 5.45. The van der Waals surface area contributed by atoms with Crippen LogP contribution in [0.1, 0.15) is 42.0 Å². The Kier molecular flexibility index (Phi) is 8.45. The van der Waals surface area contributed by atoms with Gasteiger partial charge in [0.2, 0.25) is 0 Å². The van der Waals surface area contributed by atoms with Gasteiger partial charge < -0.3 is 5.32 Å². The standard InChI is InChI=1S/C17H19F7N2.2ClH/c18-13-9-11(16(19,20)21)8-12(17(22,23)24)15(13)14(7-10-1-2-10)26-5-3-25-4-6-26;;/h8-10,14,25H,1-7H2;2*1H/t14-;;/m1../s1. The van der Waals surface area contributed by atoms with E-state index in [1.165, 1.54) is 0 Å². The van der Waals surface area contributed by atoms with Crippen molar-refractivity contribution in [3.05, 3.63) is 34.6 Å². The Labute approximate surface area is 170 Å². The third kappa shape index (κ3) is 5.87. The topological polar surface area (TPSA) is 15.3 Å². The van der Waals surface area contributed by atoms with Gasteiger partial charge in [-0.15, -0.1) is 24.8 Å². The summed E-state index contributed by atoms with van der Waals surface area (Å²) in [6.45, 7) is 1.94. The Morgan fingerprint density at radius 2 is 1.54 bits per heavy atom. The van der Waals surface area contributed by atoms with Crippen molar-refractivity contribution in [3.63, 3.8) is 0 Å². The number of hydrogen-bond donors (Lipinski definition) is 1. The highest BCUT2D eigenvalue weighted by atomic mass is 35.5. The molecule has 1 N–H and O–H groups in total. The minimum Gasteiger partial charge on any atom is -0.314 e. The first-order valence-electron chi connectivity index (χ1n) is 8.50. The van der Waals surface area contributed by atoms with Gasteiger partial charge in [-0.3, -0.25) is 4.90 Å². The molecule has 0 radical (unpaired) electrons. The van der Waals surface area contributed by atoms with Crippen LogP contribution < -0.4 is 5.32 Å². The summed E-state index contributed by atoms with van der Waals surface area (Å²) in [6, 6.07) is -0.642. The van der Waals surface area contributed by atoms with Crippen LogP contribution in [-0.4, -0.2) is 31.1 Å². The molecule has 1 saturated heterocycles. The molecule has 1 aromatic rings. The average Bonchev–Trinajstić information content (AvgIpc) is 3.35. The molecule has 1 aliphatic carbocycles. The Morgan fingerprint density at radius 1 is 0.964 bits per heavy atom. The zero-order valence-electron chi connectivity index (χ0n) is 14.7. The molecule has 1 atom stereocenters. The largest absolute Gasteiger partial charge is 0.416 e. The van der Waals surface area contributed by atoms with Crippen LogP contribution in [0.25, 0.3) is 0 Å². The lowest BCUT2D eigenvalue weighted by Crippen LogP contribution is -2.45. The Bertz CT molecular complexity index is 654. The summed E-state index contributed by atoms with van der Waals surface area (Å²) in [5, 5.41) is 3.07. The summed E-state index contributed by atoms with van der Waals surface area (Å²) < 4.78 is 93.8. The number of alkyl halides is 6. The van der Waals surface area contributed by atoms with E-state index < -0.39 is 40.9 Å². The first-order valence-corrected chi connectivity index (χ1v) is 8.50. The maximum Gasteiger partial charge on any atom is 0.416 e. The van der Waals surface area contributed by atoms with E-state index in [9.17, 15) is 30.7 Å². The second-order valence-electron chi connectivity index (χ2n) is 6.90. The van der Waals surface area contributed by atoms with Crippen LogP contribution in [0, 0.1) is 11.7 Å². The molecule has 0 unspecified atom stereocenters. The van der Waals surface area contributed by atoms with E-state index in [1.807, 2.05) is 0 Å². The van der Waals surface area contributed by atoms with Gasteiger partial charge in [0.15, 0.2) is 0 Å². The van der Waals surface area contributed by atoms with Gasteiger partial charge >= 0.3 is 12.4 Å². The highest BCUT2D eigenvalue weighted by Crippen LogP contribution is 2.46. The fourth-order valence-electron chi connectivity index (χ4n) is 3.47. The molecule has 28 heavy (non-hydrogen) atoms. The molecular formula is C17H21Cl2F7N2. The second-order valence-corrected chi connectivity index (χ2v) is 6.90. The van der Waals surface area contributed by atoms with E-state index in [2.05, 4.69) is 5.32 Å². The van der Waals surface area contributed by atoms with E-state index >= 15 is 0 Å². The first-order chi connectivity index (χ1) is 12.1. The molecule has 1 heterocycles. The molecule has 162 valence electrons. The summed E-state index contributed by atoms with van der Waals surface area (Å²) in [7, 11) is 0. The third-order valence-corrected chi connectivity index (χ3v) is 4.94. The lowest BCUT2D eigenvalue weighted by atomic mass is 9.91. The first kappa shape index (κ1) is 25.3. The quantitative estimate of drug-likeness (QED) is 0.605. The third-order valence-electron chi connectivity index (χ3n) is 4.94. The van der Waals surface area contributed by atoms with Crippen molar-refractivity contribution in [2.45, 2.75) is 37.7 Å². The van der Waals surface area contributed by atoms with Crippen LogP contribution in [0.3, 0.4) is 0 Å². The van der Waals surface area contributed by atoms with Crippen molar-refractivity contribution in [3.8, 4) is 0 Å². The zero-order chi connectivity index (χ0) is 19.1. The van der Waals surface area contributed by atoms with E-state index in [0.29, 0.717) is 32.6 Å². The van der Waals surface area contributed by atoms with E-state index in [1.54, 1.807) is 4.90 Å². The normalized spacial score (nSPS) is 19.5. The molecule has 2 nitrogen and oxygen atoms in total. The second kappa shape index (κ2) is 9.36. The van der Waals surface area contributed by atoms with Gasteiger partial charge in [0.05, 0.1) is 11.1 Å². The maximum atomic E-state index is 14.6. The van der Waals surface area contributed by atoms with Crippen molar-refractivity contribution in [2.24, 2.45) is 5.92 Å². The van der Waals surface area contributed by atoms with E-state index in [0.717, 1.165) is 12.8 Å². The van der Waals surface area contributed by atoms with Crippen LogP contribution in [0.2, 0.25) is 0 Å². The van der Waals surface area contributed by atoms with Crippen LogP contribution in [-0.2, 0) is 12.4 Å². The molecule has 2 aliphatic rings. The molecule has 1 saturated carbocycles. The van der Waals surface area contributed by atoms with Crippen molar-refractivity contribution in [2.75, 3.05) is 26.2 Å². The fourth-order valence-corrected chi connectivity index (χ4v) is 3.47. The number of halogens is 9. The molecule has 0 spiro atoms. The number of benzene rings is 1. The molecule has 1 aromatic carbocycles. The molecule has 2 fully saturated rings. The van der Waals surface area contributed by atoms with Crippen molar-refractivity contribution >= 4 is 24.8 Å². The van der Waals surface area contributed by atoms with Crippen LogP contribution in [0.15, 0.2) is 12.1 Å². The minimum absolute atomic E-state index is 0. The van der Waals surface area contributed by atoms with E-state index in [4.69, 9.17) is 0 Å². The highest BCUT2D eigenvalue weighted by Gasteiger charge is 2.43. The van der Waals surface area contributed by atoms with Gasteiger partial charge in [-0.05, 0) is 24.5 Å². The lowest BCUT2D eigenvalue weighted by molar-refractivity contribution is -0.144. The maximum absolute atomic E-state index is 14.6. The van der Waals surface area contributed by atoms with Gasteiger partial charge in [-0.1, -0.05) is 12.8 Å². The molecule has 1 aliphatic heterocycles. The summed E-state index contributed by atoms with van der Waals surface area (Å²) in [5.74, 6) is -1.24.